The van der Waals surface area contributed by atoms with Crippen molar-refractivity contribution in [2.24, 2.45) is 4.99 Å². The van der Waals surface area contributed by atoms with Crippen LogP contribution in [0.5, 0.6) is 17.4 Å². The first-order valence-electron chi connectivity index (χ1n) is 10.2. The van der Waals surface area contributed by atoms with E-state index >= 15 is 0 Å². The van der Waals surface area contributed by atoms with E-state index in [1.54, 1.807) is 44.2 Å². The third kappa shape index (κ3) is 5.24. The van der Waals surface area contributed by atoms with Crippen LogP contribution >= 0.6 is 0 Å². The minimum absolute atomic E-state index is 0.0825. The molecule has 0 aliphatic carbocycles. The van der Waals surface area contributed by atoms with Gasteiger partial charge in [-0.05, 0) is 38.1 Å². The number of aliphatic hydroxyl groups is 1. The number of sulfone groups is 1. The summed E-state index contributed by atoms with van der Waals surface area (Å²) >= 11 is 0. The number of aliphatic imine (C=N–C) groups is 1. The Morgan fingerprint density at radius 3 is 2.50 bits per heavy atom. The Hall–Kier alpha value is -3.77. The quantitative estimate of drug-likeness (QED) is 0.487. The molecule has 178 valence electrons. The van der Waals surface area contributed by atoms with Crippen molar-refractivity contribution >= 4 is 21.6 Å². The van der Waals surface area contributed by atoms with Crippen LogP contribution in [0.3, 0.4) is 0 Å². The molecule has 1 aliphatic rings. The van der Waals surface area contributed by atoms with Crippen molar-refractivity contribution in [2.45, 2.75) is 31.1 Å². The van der Waals surface area contributed by atoms with Crippen molar-refractivity contribution in [3.8, 4) is 28.6 Å². The minimum atomic E-state index is -3.49. The fourth-order valence-electron chi connectivity index (χ4n) is 3.04. The van der Waals surface area contributed by atoms with Gasteiger partial charge in [0.2, 0.25) is 11.8 Å². The summed E-state index contributed by atoms with van der Waals surface area (Å²) in [5.41, 5.74) is 1.87. The van der Waals surface area contributed by atoms with Gasteiger partial charge in [0.1, 0.15) is 23.3 Å². The van der Waals surface area contributed by atoms with Crippen LogP contribution in [-0.2, 0) is 19.4 Å². The number of amides is 1. The van der Waals surface area contributed by atoms with Crippen LogP contribution in [0.2, 0.25) is 0 Å². The van der Waals surface area contributed by atoms with Crippen LogP contribution in [0.4, 0.5) is 0 Å². The summed E-state index contributed by atoms with van der Waals surface area (Å²) in [5.74, 6) is 0.706. The van der Waals surface area contributed by atoms with Gasteiger partial charge in [0.25, 0.3) is 5.91 Å². The summed E-state index contributed by atoms with van der Waals surface area (Å²) in [6.07, 6.45) is 2.26. The molecule has 3 heterocycles. The molecule has 4 rings (SSSR count). The van der Waals surface area contributed by atoms with E-state index in [9.17, 15) is 18.3 Å². The summed E-state index contributed by atoms with van der Waals surface area (Å²) in [7, 11) is -3.49. The number of carbonyl (C=O) groups excluding carboxylic acids is 1. The molecular weight excluding hydrogens is 464 g/mol. The lowest BCUT2D eigenvalue weighted by Gasteiger charge is -2.15. The molecule has 0 fully saturated rings. The number of aliphatic hydroxyl groups excluding tert-OH is 1. The number of aromatic nitrogens is 3. The van der Waals surface area contributed by atoms with Crippen molar-refractivity contribution in [3.63, 3.8) is 0 Å². The first-order chi connectivity index (χ1) is 16.1. The second-order valence-electron chi connectivity index (χ2n) is 7.67. The average Bonchev–Trinajstić information content (AvgIpc) is 3.40. The minimum Gasteiger partial charge on any atom is -0.488 e. The summed E-state index contributed by atoms with van der Waals surface area (Å²) in [4.78, 5) is 26.6. The van der Waals surface area contributed by atoms with Gasteiger partial charge in [0.05, 0.1) is 19.0 Å². The van der Waals surface area contributed by atoms with E-state index in [1.165, 1.54) is 6.20 Å². The van der Waals surface area contributed by atoms with Crippen molar-refractivity contribution < 1.29 is 32.5 Å². The Morgan fingerprint density at radius 1 is 1.15 bits per heavy atom. The monoisotopic (exact) mass is 486 g/mol. The zero-order chi connectivity index (χ0) is 24.5. The number of benzene rings is 1. The third-order valence-electron chi connectivity index (χ3n) is 4.76. The number of aromatic amines is 1. The zero-order valence-electron chi connectivity index (χ0n) is 18.5. The van der Waals surface area contributed by atoms with E-state index < -0.39 is 22.0 Å². The van der Waals surface area contributed by atoms with E-state index in [0.29, 0.717) is 28.5 Å². The largest absolute Gasteiger partial charge is 0.488 e. The molecule has 2 atom stereocenters. The highest BCUT2D eigenvalue weighted by Gasteiger charge is 2.26. The maximum Gasteiger partial charge on any atom is 0.289 e. The van der Waals surface area contributed by atoms with E-state index in [-0.39, 0.29) is 29.3 Å². The van der Waals surface area contributed by atoms with Crippen molar-refractivity contribution in [1.29, 1.82) is 0 Å². The molecule has 0 radical (unpaired) electrons. The SMILES string of the molecule is C[C@@H]1OC(c2ccc(-c3cc(Oc4cnc(S(C)(=O)=O)cn4)cc(O[C@@H](C)CO)c3)[nH]2)=NC1=O. The van der Waals surface area contributed by atoms with Gasteiger partial charge in [-0.3, -0.25) is 4.79 Å². The van der Waals surface area contributed by atoms with E-state index in [2.05, 4.69) is 19.9 Å². The number of nitrogens with zero attached hydrogens (tertiary/aromatic N) is 3. The van der Waals surface area contributed by atoms with Crippen molar-refractivity contribution in [3.05, 3.63) is 48.4 Å². The lowest BCUT2D eigenvalue weighted by atomic mass is 10.1. The number of ether oxygens (including phenoxy) is 3. The second-order valence-corrected chi connectivity index (χ2v) is 9.63. The van der Waals surface area contributed by atoms with Crippen LogP contribution in [0.25, 0.3) is 11.3 Å². The van der Waals surface area contributed by atoms with Gasteiger partial charge in [0.15, 0.2) is 21.0 Å². The Balaban J connectivity index is 1.65. The van der Waals surface area contributed by atoms with Gasteiger partial charge >= 0.3 is 0 Å². The average molecular weight is 487 g/mol. The standard InChI is InChI=1S/C22H22N4O7S/c1-12(11-27)31-15-6-14(17-4-5-18(25-17)22-26-21(28)13(2)32-22)7-16(8-15)33-19-9-24-20(10-23-19)34(3,29)30/h4-10,12-13,25,27H,11H2,1-3H3/t12-,13-/m0/s1. The maximum absolute atomic E-state index is 11.7. The predicted molar refractivity (Wildman–Crippen MR) is 121 cm³/mol. The second kappa shape index (κ2) is 9.23. The molecule has 0 saturated heterocycles. The number of carbonyl (C=O) groups is 1. The molecule has 2 aromatic heterocycles. The lowest BCUT2D eigenvalue weighted by molar-refractivity contribution is -0.121. The first-order valence-corrected chi connectivity index (χ1v) is 12.1. The molecule has 1 aromatic carbocycles. The van der Waals surface area contributed by atoms with Gasteiger partial charge in [-0.2, -0.15) is 4.99 Å². The molecule has 1 amide bonds. The number of hydrogen-bond donors (Lipinski definition) is 2. The van der Waals surface area contributed by atoms with Gasteiger partial charge < -0.3 is 24.3 Å². The smallest absolute Gasteiger partial charge is 0.289 e. The maximum atomic E-state index is 11.7. The zero-order valence-corrected chi connectivity index (χ0v) is 19.4. The van der Waals surface area contributed by atoms with Crippen LogP contribution in [0.1, 0.15) is 19.5 Å². The Labute approximate surface area is 195 Å². The summed E-state index contributed by atoms with van der Waals surface area (Å²) in [5, 5.41) is 9.19. The highest BCUT2D eigenvalue weighted by atomic mass is 32.2. The highest BCUT2D eigenvalue weighted by Crippen LogP contribution is 2.32. The summed E-state index contributed by atoms with van der Waals surface area (Å²) < 4.78 is 40.2. The van der Waals surface area contributed by atoms with E-state index in [1.807, 2.05) is 0 Å². The van der Waals surface area contributed by atoms with Gasteiger partial charge in [-0.25, -0.2) is 18.4 Å². The molecule has 0 saturated carbocycles. The Morgan fingerprint density at radius 2 is 1.88 bits per heavy atom. The molecule has 34 heavy (non-hydrogen) atoms. The van der Waals surface area contributed by atoms with Crippen LogP contribution in [0, 0.1) is 0 Å². The van der Waals surface area contributed by atoms with Gasteiger partial charge in [0, 0.05) is 23.6 Å². The number of H-pyrrole nitrogens is 1. The van der Waals surface area contributed by atoms with E-state index in [4.69, 9.17) is 14.2 Å². The van der Waals surface area contributed by atoms with Crippen molar-refractivity contribution in [2.75, 3.05) is 12.9 Å². The molecular formula is C22H22N4O7S. The van der Waals surface area contributed by atoms with Crippen molar-refractivity contribution in [1.82, 2.24) is 15.0 Å². The molecule has 0 bridgehead atoms. The molecule has 1 aliphatic heterocycles. The normalized spacial score (nSPS) is 16.6. The van der Waals surface area contributed by atoms with Gasteiger partial charge in [-0.15, -0.1) is 0 Å². The Bertz CT molecular complexity index is 1350. The van der Waals surface area contributed by atoms with E-state index in [0.717, 1.165) is 12.5 Å². The van der Waals surface area contributed by atoms with Gasteiger partial charge in [-0.1, -0.05) is 0 Å². The molecule has 0 spiro atoms. The number of nitrogens with one attached hydrogen (secondary N) is 1. The van der Waals surface area contributed by atoms with Crippen LogP contribution in [-0.4, -0.2) is 65.4 Å². The third-order valence-corrected chi connectivity index (χ3v) is 5.73. The van der Waals surface area contributed by atoms with Crippen LogP contribution in [0.15, 0.2) is 52.7 Å². The highest BCUT2D eigenvalue weighted by molar-refractivity contribution is 7.90. The fourth-order valence-corrected chi connectivity index (χ4v) is 3.53. The van der Waals surface area contributed by atoms with Crippen LogP contribution < -0.4 is 9.47 Å². The molecule has 3 aromatic rings. The molecule has 2 N–H and O–H groups in total. The molecule has 0 unspecified atom stereocenters. The molecule has 11 nitrogen and oxygen atoms in total. The Kier molecular flexibility index (Phi) is 6.35. The lowest BCUT2D eigenvalue weighted by Crippen LogP contribution is -2.16. The topological polar surface area (TPSA) is 153 Å². The number of rotatable bonds is 8. The molecule has 12 heteroatoms. The first kappa shape index (κ1) is 23.4. The fraction of sp³-hybridized carbons (Fsp3) is 0.273. The number of hydrogen-bond acceptors (Lipinski definition) is 9. The summed E-state index contributed by atoms with van der Waals surface area (Å²) in [6.45, 7) is 3.15. The predicted octanol–water partition coefficient (Wildman–Crippen LogP) is 2.12. The summed E-state index contributed by atoms with van der Waals surface area (Å²) in [6, 6.07) is 8.59.